The summed E-state index contributed by atoms with van der Waals surface area (Å²) < 4.78 is 23.1. The Morgan fingerprint density at radius 3 is 2.43 bits per heavy atom. The lowest BCUT2D eigenvalue weighted by molar-refractivity contribution is -0.124. The molecule has 3 amide bonds. The first-order valence-electron chi connectivity index (χ1n) is 15.5. The quantitative estimate of drug-likeness (QED) is 0.191. The number of hydrogen-bond donors (Lipinski definition) is 3. The van der Waals surface area contributed by atoms with E-state index >= 15 is 0 Å². The average molecular weight is 634 g/mol. The maximum Gasteiger partial charge on any atom is 0.407 e. The van der Waals surface area contributed by atoms with Crippen LogP contribution in [0.1, 0.15) is 42.4 Å². The number of para-hydroxylation sites is 2. The van der Waals surface area contributed by atoms with E-state index in [1.165, 1.54) is 11.8 Å². The van der Waals surface area contributed by atoms with E-state index in [4.69, 9.17) is 18.9 Å². The number of hydrogen-bond acceptors (Lipinski definition) is 7. The molecule has 1 saturated heterocycles. The number of benzene rings is 3. The molecule has 0 radical (unpaired) electrons. The van der Waals surface area contributed by atoms with Gasteiger partial charge in [-0.05, 0) is 48.2 Å². The summed E-state index contributed by atoms with van der Waals surface area (Å²) in [6.07, 6.45) is 0.335. The number of rotatable bonds is 16. The second-order valence-electron chi connectivity index (χ2n) is 11.0. The monoisotopic (exact) mass is 633 g/mol. The lowest BCUT2D eigenvalue weighted by Gasteiger charge is -2.37. The summed E-state index contributed by atoms with van der Waals surface area (Å²) in [5.74, 6) is 0.988. The van der Waals surface area contributed by atoms with Gasteiger partial charge in [0.2, 0.25) is 11.8 Å². The van der Waals surface area contributed by atoms with Crippen molar-refractivity contribution in [1.82, 2.24) is 10.2 Å². The van der Waals surface area contributed by atoms with Crippen LogP contribution >= 0.6 is 0 Å². The zero-order valence-corrected chi connectivity index (χ0v) is 26.4. The van der Waals surface area contributed by atoms with Gasteiger partial charge in [0.15, 0.2) is 0 Å². The SMILES string of the molecule is COc1ccccc1COCCCOc1ccc(C2CCN(C(=O)O)CC2OCC(=O)Nc2ccccc2CCNC(C)=O)cc1. The summed E-state index contributed by atoms with van der Waals surface area (Å²) in [5, 5.41) is 15.3. The van der Waals surface area contributed by atoms with Crippen LogP contribution in [0.15, 0.2) is 72.8 Å². The number of carbonyl (C=O) groups excluding carboxylic acids is 2. The Hall–Kier alpha value is -4.61. The second kappa shape index (κ2) is 17.8. The second-order valence-corrected chi connectivity index (χ2v) is 11.0. The van der Waals surface area contributed by atoms with Gasteiger partial charge in [-0.25, -0.2) is 4.79 Å². The van der Waals surface area contributed by atoms with Gasteiger partial charge in [-0.2, -0.15) is 0 Å². The molecule has 46 heavy (non-hydrogen) atoms. The number of anilines is 1. The van der Waals surface area contributed by atoms with Crippen LogP contribution in [0, 0.1) is 0 Å². The van der Waals surface area contributed by atoms with Crippen LogP contribution in [0.2, 0.25) is 0 Å². The lowest BCUT2D eigenvalue weighted by Crippen LogP contribution is -2.47. The van der Waals surface area contributed by atoms with Crippen molar-refractivity contribution in [3.05, 3.63) is 89.5 Å². The molecule has 3 aromatic rings. The van der Waals surface area contributed by atoms with Crippen LogP contribution in [-0.4, -0.2) is 80.6 Å². The molecule has 0 aromatic heterocycles. The fraction of sp³-hybridized carbons (Fsp3) is 0.400. The van der Waals surface area contributed by atoms with Crippen molar-refractivity contribution in [3.63, 3.8) is 0 Å². The molecule has 246 valence electrons. The zero-order chi connectivity index (χ0) is 32.7. The standard InChI is InChI=1S/C35H43N3O8/c1-25(39)36-18-16-27-8-3-5-10-31(27)37-34(40)24-46-33-22-38(35(41)42)19-17-30(33)26-12-14-29(15-13-26)45-21-7-20-44-23-28-9-4-6-11-32(28)43-2/h3-6,8-15,30,33H,7,16-24H2,1-2H3,(H,36,39)(H,37,40)(H,41,42). The van der Waals surface area contributed by atoms with Crippen molar-refractivity contribution in [2.45, 2.75) is 44.8 Å². The van der Waals surface area contributed by atoms with Crippen molar-refractivity contribution in [2.24, 2.45) is 0 Å². The van der Waals surface area contributed by atoms with Gasteiger partial charge >= 0.3 is 6.09 Å². The summed E-state index contributed by atoms with van der Waals surface area (Å²) in [7, 11) is 1.64. The van der Waals surface area contributed by atoms with Crippen molar-refractivity contribution in [3.8, 4) is 11.5 Å². The Bertz CT molecular complexity index is 1430. The van der Waals surface area contributed by atoms with Gasteiger partial charge in [-0.15, -0.1) is 0 Å². The maximum absolute atomic E-state index is 12.9. The zero-order valence-electron chi connectivity index (χ0n) is 26.4. The van der Waals surface area contributed by atoms with E-state index in [0.29, 0.717) is 51.4 Å². The molecule has 11 heteroatoms. The third-order valence-corrected chi connectivity index (χ3v) is 7.78. The van der Waals surface area contributed by atoms with E-state index in [0.717, 1.165) is 34.6 Å². The van der Waals surface area contributed by atoms with Crippen LogP contribution in [0.25, 0.3) is 0 Å². The number of amides is 3. The summed E-state index contributed by atoms with van der Waals surface area (Å²) >= 11 is 0. The predicted molar refractivity (Wildman–Crippen MR) is 173 cm³/mol. The highest BCUT2D eigenvalue weighted by Gasteiger charge is 2.33. The molecule has 0 aliphatic carbocycles. The van der Waals surface area contributed by atoms with Crippen molar-refractivity contribution in [1.29, 1.82) is 0 Å². The van der Waals surface area contributed by atoms with Gasteiger partial charge in [0.05, 0.1) is 39.6 Å². The van der Waals surface area contributed by atoms with Crippen LogP contribution in [0.5, 0.6) is 11.5 Å². The van der Waals surface area contributed by atoms with Gasteiger partial charge in [0.25, 0.3) is 0 Å². The molecule has 1 heterocycles. The highest BCUT2D eigenvalue weighted by Crippen LogP contribution is 2.32. The summed E-state index contributed by atoms with van der Waals surface area (Å²) in [4.78, 5) is 37.2. The largest absolute Gasteiger partial charge is 0.496 e. The molecule has 4 rings (SSSR count). The Morgan fingerprint density at radius 2 is 1.70 bits per heavy atom. The van der Waals surface area contributed by atoms with Gasteiger partial charge in [0, 0.05) is 43.6 Å². The van der Waals surface area contributed by atoms with E-state index in [2.05, 4.69) is 10.6 Å². The molecule has 0 bridgehead atoms. The van der Waals surface area contributed by atoms with E-state index in [9.17, 15) is 19.5 Å². The number of nitrogens with zero attached hydrogens (tertiary/aromatic N) is 1. The Labute approximate surface area is 269 Å². The summed E-state index contributed by atoms with van der Waals surface area (Å²) in [6.45, 7) is 3.74. The number of methoxy groups -OCH3 is 1. The number of carbonyl (C=O) groups is 3. The van der Waals surface area contributed by atoms with Crippen LogP contribution in [0.3, 0.4) is 0 Å². The topological polar surface area (TPSA) is 136 Å². The first-order chi connectivity index (χ1) is 22.3. The van der Waals surface area contributed by atoms with Gasteiger partial charge < -0.3 is 39.6 Å². The van der Waals surface area contributed by atoms with Gasteiger partial charge in [-0.1, -0.05) is 48.5 Å². The minimum atomic E-state index is -1.01. The number of nitrogens with one attached hydrogen (secondary N) is 2. The first kappa shape index (κ1) is 34.3. The van der Waals surface area contributed by atoms with Crippen molar-refractivity contribution < 1.29 is 38.4 Å². The maximum atomic E-state index is 12.9. The summed E-state index contributed by atoms with van der Waals surface area (Å²) in [5.41, 5.74) is 3.53. The van der Waals surface area contributed by atoms with Crippen molar-refractivity contribution in [2.75, 3.05) is 51.9 Å². The van der Waals surface area contributed by atoms with Crippen LogP contribution < -0.4 is 20.1 Å². The number of piperidine rings is 1. The van der Waals surface area contributed by atoms with Gasteiger partial charge in [0.1, 0.15) is 18.1 Å². The van der Waals surface area contributed by atoms with E-state index in [-0.39, 0.29) is 30.9 Å². The molecule has 0 saturated carbocycles. The van der Waals surface area contributed by atoms with E-state index < -0.39 is 12.2 Å². The van der Waals surface area contributed by atoms with Crippen LogP contribution in [-0.2, 0) is 32.1 Å². The molecule has 2 atom stereocenters. The molecular weight excluding hydrogens is 590 g/mol. The highest BCUT2D eigenvalue weighted by atomic mass is 16.5. The first-order valence-corrected chi connectivity index (χ1v) is 15.5. The van der Waals surface area contributed by atoms with Gasteiger partial charge in [-0.3, -0.25) is 9.59 Å². The van der Waals surface area contributed by atoms with E-state index in [1.807, 2.05) is 66.7 Å². The fourth-order valence-electron chi connectivity index (χ4n) is 5.41. The third kappa shape index (κ3) is 10.5. The normalized spacial score (nSPS) is 16.0. The molecule has 2 unspecified atom stereocenters. The van der Waals surface area contributed by atoms with Crippen molar-refractivity contribution >= 4 is 23.6 Å². The smallest absolute Gasteiger partial charge is 0.407 e. The molecule has 3 aromatic carbocycles. The third-order valence-electron chi connectivity index (χ3n) is 7.78. The fourth-order valence-corrected chi connectivity index (χ4v) is 5.41. The molecular formula is C35H43N3O8. The number of ether oxygens (including phenoxy) is 4. The minimum absolute atomic E-state index is 0.0919. The molecule has 0 spiro atoms. The summed E-state index contributed by atoms with van der Waals surface area (Å²) in [6, 6.07) is 22.9. The molecule has 1 aliphatic rings. The minimum Gasteiger partial charge on any atom is -0.496 e. The Morgan fingerprint density at radius 1 is 0.957 bits per heavy atom. The average Bonchev–Trinajstić information content (AvgIpc) is 3.06. The lowest BCUT2D eigenvalue weighted by atomic mass is 9.87. The molecule has 11 nitrogen and oxygen atoms in total. The molecule has 1 fully saturated rings. The highest BCUT2D eigenvalue weighted by molar-refractivity contribution is 5.92. The Balaban J connectivity index is 1.27. The Kier molecular flexibility index (Phi) is 13.2. The predicted octanol–water partition coefficient (Wildman–Crippen LogP) is 4.85. The van der Waals surface area contributed by atoms with Crippen LogP contribution in [0.4, 0.5) is 10.5 Å². The molecule has 3 N–H and O–H groups in total. The number of carboxylic acid groups (broad SMARTS) is 1. The number of likely N-dealkylation sites (tertiary alicyclic amines) is 1. The molecule has 1 aliphatic heterocycles. The van der Waals surface area contributed by atoms with E-state index in [1.54, 1.807) is 13.2 Å².